The third kappa shape index (κ3) is 8.68. The largest absolute Gasteiger partial charge is 0.338 e. The average Bonchev–Trinajstić information content (AvgIpc) is 3.21. The first-order valence-electron chi connectivity index (χ1n) is 10.7. The van der Waals surface area contributed by atoms with Crippen LogP contribution in [0.5, 0.6) is 0 Å². The van der Waals surface area contributed by atoms with E-state index in [-0.39, 0.29) is 11.7 Å². The van der Waals surface area contributed by atoms with Crippen LogP contribution in [0.1, 0.15) is 70.3 Å². The Morgan fingerprint density at radius 3 is 2.43 bits per heavy atom. The van der Waals surface area contributed by atoms with Gasteiger partial charge in [-0.15, -0.1) is 0 Å². The molecule has 0 bridgehead atoms. The van der Waals surface area contributed by atoms with E-state index in [4.69, 9.17) is 0 Å². The fraction of sp³-hybridized carbons (Fsp3) is 0.565. The van der Waals surface area contributed by atoms with Gasteiger partial charge in [-0.1, -0.05) is 57.6 Å². The molecule has 1 aromatic heterocycles. The van der Waals surface area contributed by atoms with E-state index < -0.39 is 0 Å². The van der Waals surface area contributed by atoms with E-state index in [0.717, 1.165) is 31.4 Å². The first kappa shape index (κ1) is 22.1. The van der Waals surface area contributed by atoms with Crippen LogP contribution in [-0.2, 0) is 17.9 Å². The highest BCUT2D eigenvalue weighted by atomic mass is 19.1. The maximum absolute atomic E-state index is 13.2. The predicted molar refractivity (Wildman–Crippen MR) is 111 cm³/mol. The summed E-state index contributed by atoms with van der Waals surface area (Å²) in [5.74, 6) is -0.0479. The molecule has 0 aliphatic rings. The molecule has 0 aliphatic carbocycles. The SMILES string of the molecule is CCCCCCCCCC(=O)N(CCCn1ccnc1)Cc1ccc(F)cc1. The van der Waals surface area contributed by atoms with Crippen LogP contribution in [0.25, 0.3) is 0 Å². The number of rotatable bonds is 14. The molecule has 1 aromatic carbocycles. The molecule has 2 aromatic rings. The van der Waals surface area contributed by atoms with E-state index in [2.05, 4.69) is 11.9 Å². The van der Waals surface area contributed by atoms with Gasteiger partial charge in [0, 0.05) is 38.4 Å². The molecule has 5 heteroatoms. The van der Waals surface area contributed by atoms with Crippen molar-refractivity contribution in [1.82, 2.24) is 14.5 Å². The van der Waals surface area contributed by atoms with Gasteiger partial charge in [0.05, 0.1) is 6.33 Å². The molecule has 28 heavy (non-hydrogen) atoms. The van der Waals surface area contributed by atoms with Crippen LogP contribution >= 0.6 is 0 Å². The smallest absolute Gasteiger partial charge is 0.222 e. The molecule has 1 amide bonds. The number of aromatic nitrogens is 2. The fourth-order valence-electron chi connectivity index (χ4n) is 3.36. The first-order chi connectivity index (χ1) is 13.7. The Hall–Kier alpha value is -2.17. The molecule has 154 valence electrons. The van der Waals surface area contributed by atoms with Gasteiger partial charge in [0.15, 0.2) is 0 Å². The molecule has 0 aliphatic heterocycles. The molecular formula is C23H34FN3O. The van der Waals surface area contributed by atoms with Crippen LogP contribution in [-0.4, -0.2) is 26.9 Å². The van der Waals surface area contributed by atoms with Crippen LogP contribution < -0.4 is 0 Å². The molecule has 0 unspecified atom stereocenters. The number of carbonyl (C=O) groups excluding carboxylic acids is 1. The number of carbonyl (C=O) groups is 1. The average molecular weight is 388 g/mol. The highest BCUT2D eigenvalue weighted by Gasteiger charge is 2.14. The molecule has 2 rings (SSSR count). The lowest BCUT2D eigenvalue weighted by Gasteiger charge is -2.23. The van der Waals surface area contributed by atoms with E-state index in [1.807, 2.05) is 15.7 Å². The fourth-order valence-corrected chi connectivity index (χ4v) is 3.36. The second kappa shape index (κ2) is 13.1. The maximum Gasteiger partial charge on any atom is 0.222 e. The second-order valence-electron chi connectivity index (χ2n) is 7.47. The van der Waals surface area contributed by atoms with Crippen molar-refractivity contribution >= 4 is 5.91 Å². The highest BCUT2D eigenvalue weighted by Crippen LogP contribution is 2.13. The Kier molecular flexibility index (Phi) is 10.3. The Morgan fingerprint density at radius 2 is 1.75 bits per heavy atom. The lowest BCUT2D eigenvalue weighted by Crippen LogP contribution is -2.31. The minimum Gasteiger partial charge on any atom is -0.338 e. The van der Waals surface area contributed by atoms with Gasteiger partial charge in [0.2, 0.25) is 5.91 Å². The number of amides is 1. The van der Waals surface area contributed by atoms with Crippen molar-refractivity contribution in [3.05, 3.63) is 54.4 Å². The van der Waals surface area contributed by atoms with Crippen LogP contribution in [0, 0.1) is 5.82 Å². The van der Waals surface area contributed by atoms with Crippen LogP contribution in [0.15, 0.2) is 43.0 Å². The van der Waals surface area contributed by atoms with Gasteiger partial charge in [-0.3, -0.25) is 4.79 Å². The summed E-state index contributed by atoms with van der Waals surface area (Å²) < 4.78 is 15.2. The summed E-state index contributed by atoms with van der Waals surface area (Å²) in [7, 11) is 0. The molecule has 0 radical (unpaired) electrons. The summed E-state index contributed by atoms with van der Waals surface area (Å²) in [6, 6.07) is 6.44. The zero-order valence-corrected chi connectivity index (χ0v) is 17.2. The molecular weight excluding hydrogens is 353 g/mol. The van der Waals surface area contributed by atoms with Crippen molar-refractivity contribution in [2.24, 2.45) is 0 Å². The van der Waals surface area contributed by atoms with E-state index in [0.29, 0.717) is 19.5 Å². The molecule has 0 fully saturated rings. The van der Waals surface area contributed by atoms with Crippen molar-refractivity contribution < 1.29 is 9.18 Å². The van der Waals surface area contributed by atoms with Crippen molar-refractivity contribution in [2.45, 2.75) is 77.8 Å². The zero-order chi connectivity index (χ0) is 20.0. The Labute approximate surface area is 168 Å². The highest BCUT2D eigenvalue weighted by molar-refractivity contribution is 5.76. The summed E-state index contributed by atoms with van der Waals surface area (Å²) >= 11 is 0. The molecule has 0 saturated heterocycles. The molecule has 0 N–H and O–H groups in total. The Morgan fingerprint density at radius 1 is 1.04 bits per heavy atom. The van der Waals surface area contributed by atoms with Gasteiger partial charge >= 0.3 is 0 Å². The van der Waals surface area contributed by atoms with E-state index in [9.17, 15) is 9.18 Å². The first-order valence-corrected chi connectivity index (χ1v) is 10.7. The van der Waals surface area contributed by atoms with Crippen LogP contribution in [0.4, 0.5) is 4.39 Å². The monoisotopic (exact) mass is 387 g/mol. The molecule has 4 nitrogen and oxygen atoms in total. The standard InChI is InChI=1S/C23H34FN3O/c1-2-3-4-5-6-7-8-10-23(28)27(17-9-16-26-18-15-25-20-26)19-21-11-13-22(24)14-12-21/h11-15,18,20H,2-10,16-17,19H2,1H3. The number of halogens is 1. The Balaban J connectivity index is 1.79. The van der Waals surface area contributed by atoms with Gasteiger partial charge in [-0.25, -0.2) is 9.37 Å². The van der Waals surface area contributed by atoms with Crippen molar-refractivity contribution in [3.8, 4) is 0 Å². The van der Waals surface area contributed by atoms with Gasteiger partial charge in [-0.05, 0) is 30.5 Å². The third-order valence-corrected chi connectivity index (χ3v) is 5.04. The molecule has 1 heterocycles. The number of aryl methyl sites for hydroxylation is 1. The van der Waals surface area contributed by atoms with Gasteiger partial charge in [0.1, 0.15) is 5.82 Å². The molecule has 0 spiro atoms. The van der Waals surface area contributed by atoms with E-state index >= 15 is 0 Å². The van der Waals surface area contributed by atoms with Crippen molar-refractivity contribution in [3.63, 3.8) is 0 Å². The molecule has 0 atom stereocenters. The number of hydrogen-bond acceptors (Lipinski definition) is 2. The van der Waals surface area contributed by atoms with E-state index in [1.54, 1.807) is 24.7 Å². The van der Waals surface area contributed by atoms with Crippen LogP contribution in [0.2, 0.25) is 0 Å². The normalized spacial score (nSPS) is 10.9. The topological polar surface area (TPSA) is 38.1 Å². The van der Waals surface area contributed by atoms with Crippen molar-refractivity contribution in [1.29, 1.82) is 0 Å². The summed E-state index contributed by atoms with van der Waals surface area (Å²) in [6.45, 7) is 4.30. The van der Waals surface area contributed by atoms with Gasteiger partial charge in [0.25, 0.3) is 0 Å². The third-order valence-electron chi connectivity index (χ3n) is 5.04. The number of imidazole rings is 1. The zero-order valence-electron chi connectivity index (χ0n) is 17.2. The number of nitrogens with zero attached hydrogens (tertiary/aromatic N) is 3. The summed E-state index contributed by atoms with van der Waals surface area (Å²) in [6.07, 6.45) is 15.4. The lowest BCUT2D eigenvalue weighted by atomic mass is 10.1. The maximum atomic E-state index is 13.2. The number of benzene rings is 1. The van der Waals surface area contributed by atoms with Crippen molar-refractivity contribution in [2.75, 3.05) is 6.54 Å². The minimum atomic E-state index is -0.246. The van der Waals surface area contributed by atoms with Gasteiger partial charge < -0.3 is 9.47 Å². The summed E-state index contributed by atoms with van der Waals surface area (Å²) in [5, 5.41) is 0. The lowest BCUT2D eigenvalue weighted by molar-refractivity contribution is -0.132. The summed E-state index contributed by atoms with van der Waals surface area (Å²) in [4.78, 5) is 18.7. The number of unbranched alkanes of at least 4 members (excludes halogenated alkanes) is 6. The quantitative estimate of drug-likeness (QED) is 0.397. The predicted octanol–water partition coefficient (Wildman–Crippen LogP) is 5.58. The second-order valence-corrected chi connectivity index (χ2v) is 7.47. The molecule has 0 saturated carbocycles. The van der Waals surface area contributed by atoms with E-state index in [1.165, 1.54) is 44.2 Å². The summed E-state index contributed by atoms with van der Waals surface area (Å²) in [5.41, 5.74) is 0.969. The Bertz CT molecular complexity index is 655. The van der Waals surface area contributed by atoms with Crippen LogP contribution in [0.3, 0.4) is 0 Å². The van der Waals surface area contributed by atoms with Gasteiger partial charge in [-0.2, -0.15) is 0 Å². The number of hydrogen-bond donors (Lipinski definition) is 0. The minimum absolute atomic E-state index is 0.198.